The SMILES string of the molecule is CC(C)OC(=O)CSc1cccc(CNC2CC2)c1. The summed E-state index contributed by atoms with van der Waals surface area (Å²) in [5, 5.41) is 3.49. The van der Waals surface area contributed by atoms with Crippen molar-refractivity contribution in [3.05, 3.63) is 29.8 Å². The van der Waals surface area contributed by atoms with Crippen LogP contribution in [0.3, 0.4) is 0 Å². The zero-order valence-corrected chi connectivity index (χ0v) is 12.3. The molecule has 4 heteroatoms. The Bertz CT molecular complexity index is 430. The molecular formula is C15H21NO2S. The van der Waals surface area contributed by atoms with Gasteiger partial charge < -0.3 is 10.1 Å². The van der Waals surface area contributed by atoms with Gasteiger partial charge in [-0.2, -0.15) is 0 Å². The third-order valence-electron chi connectivity index (χ3n) is 2.79. The van der Waals surface area contributed by atoms with E-state index in [2.05, 4.69) is 17.4 Å². The highest BCUT2D eigenvalue weighted by Crippen LogP contribution is 2.22. The molecule has 0 unspecified atom stereocenters. The van der Waals surface area contributed by atoms with Gasteiger partial charge in [-0.05, 0) is 44.4 Å². The van der Waals surface area contributed by atoms with Crippen molar-refractivity contribution in [2.75, 3.05) is 5.75 Å². The summed E-state index contributed by atoms with van der Waals surface area (Å²) in [7, 11) is 0. The molecule has 19 heavy (non-hydrogen) atoms. The molecule has 0 atom stereocenters. The van der Waals surface area contributed by atoms with E-state index < -0.39 is 0 Å². The van der Waals surface area contributed by atoms with Crippen LogP contribution >= 0.6 is 11.8 Å². The van der Waals surface area contributed by atoms with Crippen molar-refractivity contribution in [1.82, 2.24) is 5.32 Å². The smallest absolute Gasteiger partial charge is 0.316 e. The summed E-state index contributed by atoms with van der Waals surface area (Å²) >= 11 is 1.53. The van der Waals surface area contributed by atoms with Gasteiger partial charge in [-0.15, -0.1) is 11.8 Å². The normalized spacial score (nSPS) is 14.7. The third-order valence-corrected chi connectivity index (χ3v) is 3.76. The fourth-order valence-electron chi connectivity index (χ4n) is 1.73. The first kappa shape index (κ1) is 14.4. The van der Waals surface area contributed by atoms with E-state index in [1.165, 1.54) is 30.2 Å². The molecule has 1 saturated carbocycles. The van der Waals surface area contributed by atoms with Gasteiger partial charge in [0.2, 0.25) is 0 Å². The van der Waals surface area contributed by atoms with Crippen LogP contribution in [0, 0.1) is 0 Å². The van der Waals surface area contributed by atoms with Crippen LogP contribution in [0.2, 0.25) is 0 Å². The Morgan fingerprint density at radius 2 is 2.26 bits per heavy atom. The Morgan fingerprint density at radius 3 is 2.95 bits per heavy atom. The molecular weight excluding hydrogens is 258 g/mol. The van der Waals surface area contributed by atoms with Crippen LogP contribution < -0.4 is 5.32 Å². The Kier molecular flexibility index (Phi) is 5.28. The van der Waals surface area contributed by atoms with Crippen LogP contribution in [0.15, 0.2) is 29.2 Å². The number of esters is 1. The molecule has 104 valence electrons. The van der Waals surface area contributed by atoms with Crippen molar-refractivity contribution in [1.29, 1.82) is 0 Å². The molecule has 1 aliphatic rings. The summed E-state index contributed by atoms with van der Waals surface area (Å²) in [5.74, 6) is 0.221. The molecule has 1 aliphatic carbocycles. The number of thioether (sulfide) groups is 1. The molecule has 0 bridgehead atoms. The van der Waals surface area contributed by atoms with Crippen LogP contribution in [-0.2, 0) is 16.1 Å². The van der Waals surface area contributed by atoms with Gasteiger partial charge in [0.15, 0.2) is 0 Å². The number of hydrogen-bond acceptors (Lipinski definition) is 4. The molecule has 1 fully saturated rings. The number of hydrogen-bond donors (Lipinski definition) is 1. The maximum atomic E-state index is 11.5. The molecule has 1 aromatic carbocycles. The molecule has 0 aromatic heterocycles. The summed E-state index contributed by atoms with van der Waals surface area (Å²) in [6.07, 6.45) is 2.56. The fourth-order valence-corrected chi connectivity index (χ4v) is 2.50. The molecule has 0 radical (unpaired) electrons. The third kappa shape index (κ3) is 5.66. The summed E-state index contributed by atoms with van der Waals surface area (Å²) in [4.78, 5) is 12.6. The second-order valence-corrected chi connectivity index (χ2v) is 6.18. The first-order valence-corrected chi connectivity index (χ1v) is 7.76. The minimum absolute atomic E-state index is 0.0397. The van der Waals surface area contributed by atoms with Gasteiger partial charge in [-0.1, -0.05) is 12.1 Å². The first-order valence-electron chi connectivity index (χ1n) is 6.78. The van der Waals surface area contributed by atoms with Crippen molar-refractivity contribution >= 4 is 17.7 Å². The lowest BCUT2D eigenvalue weighted by molar-refractivity contribution is -0.144. The van der Waals surface area contributed by atoms with Crippen molar-refractivity contribution in [2.24, 2.45) is 0 Å². The van der Waals surface area contributed by atoms with Gasteiger partial charge in [0.1, 0.15) is 0 Å². The number of ether oxygens (including phenoxy) is 1. The number of carbonyl (C=O) groups excluding carboxylic acids is 1. The van der Waals surface area contributed by atoms with E-state index >= 15 is 0 Å². The van der Waals surface area contributed by atoms with Crippen molar-refractivity contribution < 1.29 is 9.53 Å². The van der Waals surface area contributed by atoms with Gasteiger partial charge in [0, 0.05) is 17.5 Å². The lowest BCUT2D eigenvalue weighted by Gasteiger charge is -2.08. The average Bonchev–Trinajstić information content (AvgIpc) is 3.18. The zero-order valence-electron chi connectivity index (χ0n) is 11.5. The van der Waals surface area contributed by atoms with E-state index in [9.17, 15) is 4.79 Å². The molecule has 2 rings (SSSR count). The van der Waals surface area contributed by atoms with Crippen molar-refractivity contribution in [3.8, 4) is 0 Å². The molecule has 0 amide bonds. The molecule has 1 aromatic rings. The molecule has 1 N–H and O–H groups in total. The summed E-state index contributed by atoms with van der Waals surface area (Å²) < 4.78 is 5.12. The monoisotopic (exact) mass is 279 g/mol. The molecule has 3 nitrogen and oxygen atoms in total. The van der Waals surface area contributed by atoms with E-state index in [1.807, 2.05) is 26.0 Å². The number of rotatable bonds is 7. The molecule has 0 heterocycles. The maximum absolute atomic E-state index is 11.5. The predicted octanol–water partition coefficient (Wildman–Crippen LogP) is 2.98. The summed E-state index contributed by atoms with van der Waals surface area (Å²) in [5.41, 5.74) is 1.27. The van der Waals surface area contributed by atoms with Crippen LogP contribution in [0.25, 0.3) is 0 Å². The minimum atomic E-state index is -0.151. The Hall–Kier alpha value is -1.00. The standard InChI is InChI=1S/C15H21NO2S/c1-11(2)18-15(17)10-19-14-5-3-4-12(8-14)9-16-13-6-7-13/h3-5,8,11,13,16H,6-7,9-10H2,1-2H3. The highest BCUT2D eigenvalue weighted by Gasteiger charge is 2.19. The molecule has 0 spiro atoms. The van der Waals surface area contributed by atoms with Gasteiger partial charge in [0.05, 0.1) is 11.9 Å². The van der Waals surface area contributed by atoms with E-state index in [1.54, 1.807) is 0 Å². The minimum Gasteiger partial charge on any atom is -0.462 e. The van der Waals surface area contributed by atoms with Gasteiger partial charge in [-0.25, -0.2) is 0 Å². The second-order valence-electron chi connectivity index (χ2n) is 5.13. The van der Waals surface area contributed by atoms with Crippen LogP contribution in [-0.4, -0.2) is 23.9 Å². The predicted molar refractivity (Wildman–Crippen MR) is 78.3 cm³/mol. The van der Waals surface area contributed by atoms with E-state index in [4.69, 9.17) is 4.74 Å². The van der Waals surface area contributed by atoms with Crippen LogP contribution in [0.5, 0.6) is 0 Å². The fraction of sp³-hybridized carbons (Fsp3) is 0.533. The molecule has 0 aliphatic heterocycles. The molecule has 0 saturated heterocycles. The summed E-state index contributed by atoms with van der Waals surface area (Å²) in [6.45, 7) is 4.65. The zero-order chi connectivity index (χ0) is 13.7. The maximum Gasteiger partial charge on any atom is 0.316 e. The average molecular weight is 279 g/mol. The quantitative estimate of drug-likeness (QED) is 0.615. The van der Waals surface area contributed by atoms with Gasteiger partial charge in [0.25, 0.3) is 0 Å². The van der Waals surface area contributed by atoms with Crippen molar-refractivity contribution in [3.63, 3.8) is 0 Å². The lowest BCUT2D eigenvalue weighted by Crippen LogP contribution is -2.15. The van der Waals surface area contributed by atoms with E-state index in [0.29, 0.717) is 5.75 Å². The highest BCUT2D eigenvalue weighted by atomic mass is 32.2. The van der Waals surface area contributed by atoms with Crippen LogP contribution in [0.4, 0.5) is 0 Å². The van der Waals surface area contributed by atoms with E-state index in [-0.39, 0.29) is 12.1 Å². The first-order chi connectivity index (χ1) is 9.13. The van der Waals surface area contributed by atoms with Crippen LogP contribution in [0.1, 0.15) is 32.3 Å². The summed E-state index contributed by atoms with van der Waals surface area (Å²) in [6, 6.07) is 9.06. The van der Waals surface area contributed by atoms with E-state index in [0.717, 1.165) is 17.5 Å². The Morgan fingerprint density at radius 1 is 1.47 bits per heavy atom. The Labute approximate surface area is 119 Å². The number of nitrogens with one attached hydrogen (secondary N) is 1. The van der Waals surface area contributed by atoms with Crippen molar-refractivity contribution in [2.45, 2.75) is 50.3 Å². The van der Waals surface area contributed by atoms with Gasteiger partial charge in [-0.3, -0.25) is 4.79 Å². The lowest BCUT2D eigenvalue weighted by atomic mass is 10.2. The Balaban J connectivity index is 1.78. The highest BCUT2D eigenvalue weighted by molar-refractivity contribution is 8.00. The topological polar surface area (TPSA) is 38.3 Å². The number of carbonyl (C=O) groups is 1. The second kappa shape index (κ2) is 6.96. The van der Waals surface area contributed by atoms with Gasteiger partial charge >= 0.3 is 5.97 Å². The largest absolute Gasteiger partial charge is 0.462 e. The number of benzene rings is 1.